The summed E-state index contributed by atoms with van der Waals surface area (Å²) >= 11 is 6.32. The van der Waals surface area contributed by atoms with Gasteiger partial charge in [0.05, 0.1) is 35.2 Å². The highest BCUT2D eigenvalue weighted by Gasteiger charge is 2.26. The SMILES string of the molecule is CCN(C(=O)c1cccc(Cl)c1-n1nccn1)[C@@H](C)COc1ccc(OC(C)(F)F)cn1. The number of amides is 1. The Balaban J connectivity index is 1.71. The lowest BCUT2D eigenvalue weighted by molar-refractivity contribution is -0.159. The molecular formula is C21H22ClF2N5O3. The van der Waals surface area contributed by atoms with Gasteiger partial charge in [0.25, 0.3) is 5.91 Å². The summed E-state index contributed by atoms with van der Waals surface area (Å²) in [6.07, 6.45) is 0.841. The number of nitrogens with zero attached hydrogens (tertiary/aromatic N) is 5. The van der Waals surface area contributed by atoms with Crippen LogP contribution in [0.3, 0.4) is 0 Å². The van der Waals surface area contributed by atoms with E-state index < -0.39 is 6.11 Å². The highest BCUT2D eigenvalue weighted by molar-refractivity contribution is 6.33. The van der Waals surface area contributed by atoms with Gasteiger partial charge in [-0.2, -0.15) is 19.0 Å². The summed E-state index contributed by atoms with van der Waals surface area (Å²) in [5, 5.41) is 8.52. The lowest BCUT2D eigenvalue weighted by Crippen LogP contribution is -2.42. The summed E-state index contributed by atoms with van der Waals surface area (Å²) in [7, 11) is 0. The van der Waals surface area contributed by atoms with Gasteiger partial charge in [0.2, 0.25) is 5.88 Å². The molecule has 1 atom stereocenters. The number of hydrogen-bond acceptors (Lipinski definition) is 6. The number of carbonyl (C=O) groups is 1. The van der Waals surface area contributed by atoms with E-state index in [1.165, 1.54) is 29.3 Å². The van der Waals surface area contributed by atoms with E-state index in [1.807, 2.05) is 13.8 Å². The van der Waals surface area contributed by atoms with Gasteiger partial charge in [-0.05, 0) is 32.0 Å². The van der Waals surface area contributed by atoms with Crippen molar-refractivity contribution in [2.75, 3.05) is 13.2 Å². The Bertz CT molecular complexity index is 1040. The fourth-order valence-electron chi connectivity index (χ4n) is 3.05. The van der Waals surface area contributed by atoms with E-state index in [9.17, 15) is 13.6 Å². The molecule has 0 bridgehead atoms. The molecule has 3 rings (SSSR count). The third-order valence-corrected chi connectivity index (χ3v) is 4.75. The number of pyridine rings is 1. The molecule has 11 heteroatoms. The predicted molar refractivity (Wildman–Crippen MR) is 114 cm³/mol. The molecule has 3 aromatic rings. The van der Waals surface area contributed by atoms with Crippen molar-refractivity contribution in [3.63, 3.8) is 0 Å². The molecule has 2 aromatic heterocycles. The lowest BCUT2D eigenvalue weighted by Gasteiger charge is -2.28. The van der Waals surface area contributed by atoms with E-state index in [-0.39, 0.29) is 30.2 Å². The first-order chi connectivity index (χ1) is 15.2. The Hall–Kier alpha value is -3.27. The number of ether oxygens (including phenoxy) is 2. The number of benzene rings is 1. The van der Waals surface area contributed by atoms with Gasteiger partial charge >= 0.3 is 6.11 Å². The fourth-order valence-corrected chi connectivity index (χ4v) is 3.30. The van der Waals surface area contributed by atoms with Gasteiger partial charge in [0.15, 0.2) is 0 Å². The smallest absolute Gasteiger partial charge is 0.394 e. The van der Waals surface area contributed by atoms with E-state index in [2.05, 4.69) is 19.9 Å². The molecule has 0 aliphatic heterocycles. The second-order valence-corrected chi connectivity index (χ2v) is 7.35. The van der Waals surface area contributed by atoms with Gasteiger partial charge in [0.1, 0.15) is 18.0 Å². The molecule has 170 valence electrons. The van der Waals surface area contributed by atoms with Crippen LogP contribution in [-0.2, 0) is 0 Å². The summed E-state index contributed by atoms with van der Waals surface area (Å²) in [5.41, 5.74) is 0.739. The summed E-state index contributed by atoms with van der Waals surface area (Å²) in [6, 6.07) is 7.43. The number of alkyl halides is 2. The van der Waals surface area contributed by atoms with Crippen LogP contribution in [0.1, 0.15) is 31.1 Å². The summed E-state index contributed by atoms with van der Waals surface area (Å²) in [5.74, 6) is -0.124. The van der Waals surface area contributed by atoms with Crippen molar-refractivity contribution in [2.45, 2.75) is 32.9 Å². The van der Waals surface area contributed by atoms with Crippen molar-refractivity contribution in [1.29, 1.82) is 0 Å². The summed E-state index contributed by atoms with van der Waals surface area (Å²) in [6.45, 7) is 4.86. The average molecular weight is 466 g/mol. The monoisotopic (exact) mass is 465 g/mol. The first-order valence-electron chi connectivity index (χ1n) is 9.81. The summed E-state index contributed by atoms with van der Waals surface area (Å²) in [4.78, 5) is 20.2. The van der Waals surface area contributed by atoms with Crippen LogP contribution in [0.15, 0.2) is 48.9 Å². The normalized spacial score (nSPS) is 12.3. The number of hydrogen-bond donors (Lipinski definition) is 0. The highest BCUT2D eigenvalue weighted by atomic mass is 35.5. The molecule has 2 heterocycles. The molecule has 8 nitrogen and oxygen atoms in total. The quantitative estimate of drug-likeness (QED) is 0.470. The number of carbonyl (C=O) groups excluding carboxylic acids is 1. The van der Waals surface area contributed by atoms with Gasteiger partial charge < -0.3 is 14.4 Å². The third-order valence-electron chi connectivity index (χ3n) is 4.45. The van der Waals surface area contributed by atoms with Crippen LogP contribution in [0.2, 0.25) is 5.02 Å². The number of rotatable bonds is 9. The first kappa shape index (κ1) is 23.4. The zero-order valence-electron chi connectivity index (χ0n) is 17.7. The van der Waals surface area contributed by atoms with E-state index in [4.69, 9.17) is 16.3 Å². The van der Waals surface area contributed by atoms with Crippen molar-refractivity contribution in [2.24, 2.45) is 0 Å². The molecule has 0 unspecified atom stereocenters. The average Bonchev–Trinajstić information content (AvgIpc) is 3.26. The van der Waals surface area contributed by atoms with E-state index in [0.29, 0.717) is 29.7 Å². The summed E-state index contributed by atoms with van der Waals surface area (Å²) < 4.78 is 35.9. The molecule has 0 saturated heterocycles. The molecule has 0 aliphatic carbocycles. The molecule has 32 heavy (non-hydrogen) atoms. The van der Waals surface area contributed by atoms with Crippen molar-refractivity contribution in [3.05, 3.63) is 59.5 Å². The number of halogens is 3. The Labute approximate surface area is 188 Å². The zero-order chi connectivity index (χ0) is 23.3. The van der Waals surface area contributed by atoms with E-state index in [0.717, 1.165) is 6.20 Å². The van der Waals surface area contributed by atoms with Crippen LogP contribution < -0.4 is 9.47 Å². The number of para-hydroxylation sites is 1. The molecule has 0 spiro atoms. The Morgan fingerprint density at radius 3 is 2.56 bits per heavy atom. The first-order valence-corrected chi connectivity index (χ1v) is 10.2. The minimum absolute atomic E-state index is 0.0797. The molecule has 0 saturated carbocycles. The number of aromatic nitrogens is 4. The second-order valence-electron chi connectivity index (χ2n) is 6.95. The van der Waals surface area contributed by atoms with Gasteiger partial charge in [-0.25, -0.2) is 4.98 Å². The molecule has 1 aromatic carbocycles. The van der Waals surface area contributed by atoms with Crippen LogP contribution in [0, 0.1) is 0 Å². The van der Waals surface area contributed by atoms with Gasteiger partial charge in [-0.1, -0.05) is 17.7 Å². The molecule has 0 N–H and O–H groups in total. The maximum atomic E-state index is 13.3. The zero-order valence-corrected chi connectivity index (χ0v) is 18.5. The predicted octanol–water partition coefficient (Wildman–Crippen LogP) is 4.24. The second kappa shape index (κ2) is 9.90. The van der Waals surface area contributed by atoms with E-state index >= 15 is 0 Å². The van der Waals surface area contributed by atoms with Crippen LogP contribution in [-0.4, -0.2) is 56.1 Å². The van der Waals surface area contributed by atoms with Crippen molar-refractivity contribution in [1.82, 2.24) is 24.9 Å². The Kier molecular flexibility index (Phi) is 7.24. The molecule has 1 amide bonds. The van der Waals surface area contributed by atoms with E-state index in [1.54, 1.807) is 23.1 Å². The van der Waals surface area contributed by atoms with Crippen LogP contribution in [0.25, 0.3) is 5.69 Å². The maximum absolute atomic E-state index is 13.3. The van der Waals surface area contributed by atoms with Gasteiger partial charge in [-0.3, -0.25) is 4.79 Å². The minimum atomic E-state index is -3.30. The standard InChI is InChI=1S/C21H22ClF2N5O3/c1-4-28(14(2)13-31-18-9-8-15(12-25-18)32-21(3,23)24)20(30)16-6-5-7-17(22)19(16)29-26-10-11-27-29/h5-12,14H,4,13H2,1-3H3/t14-/m0/s1. The van der Waals surface area contributed by atoms with Crippen molar-refractivity contribution >= 4 is 17.5 Å². The molecule has 0 radical (unpaired) electrons. The molecular weight excluding hydrogens is 444 g/mol. The minimum Gasteiger partial charge on any atom is -0.475 e. The van der Waals surface area contributed by atoms with Crippen LogP contribution in [0.4, 0.5) is 8.78 Å². The molecule has 0 fully saturated rings. The Morgan fingerprint density at radius 2 is 1.97 bits per heavy atom. The topological polar surface area (TPSA) is 82.4 Å². The van der Waals surface area contributed by atoms with Gasteiger partial charge in [-0.15, -0.1) is 4.80 Å². The van der Waals surface area contributed by atoms with Crippen molar-refractivity contribution < 1.29 is 23.0 Å². The van der Waals surface area contributed by atoms with Crippen LogP contribution >= 0.6 is 11.6 Å². The number of likely N-dealkylation sites (N-methyl/N-ethyl adjacent to an activating group) is 1. The van der Waals surface area contributed by atoms with Crippen molar-refractivity contribution in [3.8, 4) is 17.3 Å². The van der Waals surface area contributed by atoms with Gasteiger partial charge in [0, 0.05) is 19.5 Å². The van der Waals surface area contributed by atoms with Crippen LogP contribution in [0.5, 0.6) is 11.6 Å². The largest absolute Gasteiger partial charge is 0.475 e. The lowest BCUT2D eigenvalue weighted by atomic mass is 10.1. The highest BCUT2D eigenvalue weighted by Crippen LogP contribution is 2.25. The third kappa shape index (κ3) is 5.70. The fraction of sp³-hybridized carbons (Fsp3) is 0.333. The molecule has 0 aliphatic rings. The maximum Gasteiger partial charge on any atom is 0.394 e. The Morgan fingerprint density at radius 1 is 1.25 bits per heavy atom.